The van der Waals surface area contributed by atoms with Crippen LogP contribution in [0, 0.1) is 5.92 Å². The second-order valence-corrected chi connectivity index (χ2v) is 16.7. The second kappa shape index (κ2) is 10.2. The summed E-state index contributed by atoms with van der Waals surface area (Å²) in [6.07, 6.45) is -0.526. The van der Waals surface area contributed by atoms with Gasteiger partial charge in [-0.15, -0.1) is 11.8 Å². The molecule has 0 saturated carbocycles. The molecule has 174 valence electrons. The van der Waals surface area contributed by atoms with Crippen molar-refractivity contribution in [3.05, 3.63) is 30.3 Å². The molecule has 3 aliphatic rings. The lowest BCUT2D eigenvalue weighted by Crippen LogP contribution is -2.72. The molecule has 3 heterocycles. The number of esters is 1. The third-order valence-corrected chi connectivity index (χ3v) is 15.1. The SMILES string of the molecule is CC[Si](CC)(O[C@]1(C)[C@@H](OC(=O)C(C)C)[C@@H]2CS[C@H]1[C@@H](Sc1ccccc1)O2)C(C)C. The summed E-state index contributed by atoms with van der Waals surface area (Å²) in [6.45, 7) is 15.1. The number of ether oxygens (including phenoxy) is 2. The van der Waals surface area contributed by atoms with Gasteiger partial charge in [0.15, 0.2) is 14.4 Å². The lowest BCUT2D eigenvalue weighted by molar-refractivity contribution is -0.207. The number of carbonyl (C=O) groups is 1. The van der Waals surface area contributed by atoms with Crippen molar-refractivity contribution >= 4 is 37.8 Å². The minimum atomic E-state index is -2.03. The van der Waals surface area contributed by atoms with Gasteiger partial charge in [-0.25, -0.2) is 0 Å². The Morgan fingerprint density at radius 2 is 1.87 bits per heavy atom. The van der Waals surface area contributed by atoms with Crippen LogP contribution in [0.15, 0.2) is 35.2 Å². The molecule has 0 N–H and O–H groups in total. The summed E-state index contributed by atoms with van der Waals surface area (Å²) in [7, 11) is -2.03. The Kier molecular flexibility index (Phi) is 8.28. The summed E-state index contributed by atoms with van der Waals surface area (Å²) >= 11 is 3.68. The van der Waals surface area contributed by atoms with Gasteiger partial charge in [-0.2, -0.15) is 0 Å². The number of thioether (sulfide) groups is 2. The van der Waals surface area contributed by atoms with Crippen LogP contribution in [0.25, 0.3) is 0 Å². The minimum absolute atomic E-state index is 0.0299. The van der Waals surface area contributed by atoms with E-state index in [1.54, 1.807) is 11.8 Å². The molecule has 0 aliphatic carbocycles. The molecule has 0 radical (unpaired) electrons. The van der Waals surface area contributed by atoms with Gasteiger partial charge in [0, 0.05) is 10.6 Å². The van der Waals surface area contributed by atoms with Crippen molar-refractivity contribution in [3.8, 4) is 0 Å². The van der Waals surface area contributed by atoms with Gasteiger partial charge in [0.1, 0.15) is 17.1 Å². The fourth-order valence-electron chi connectivity index (χ4n) is 4.75. The fourth-order valence-corrected chi connectivity index (χ4v) is 11.6. The summed E-state index contributed by atoms with van der Waals surface area (Å²) in [6, 6.07) is 12.5. The lowest BCUT2D eigenvalue weighted by Gasteiger charge is -2.59. The quantitative estimate of drug-likeness (QED) is 0.301. The predicted octanol–water partition coefficient (Wildman–Crippen LogP) is 6.36. The van der Waals surface area contributed by atoms with Crippen molar-refractivity contribution < 1.29 is 18.7 Å². The molecule has 0 aromatic heterocycles. The first-order valence-electron chi connectivity index (χ1n) is 11.6. The zero-order valence-corrected chi connectivity index (χ0v) is 22.6. The standard InChI is InChI=1S/C24H38O4S2Si/c1-8-31(9-2,17(5)6)28-24(7)20(27-22(25)16(3)4)19-15-29-21(24)23(26-19)30-18-13-11-10-12-14-18/h10-14,16-17,19-21,23H,8-9,15H2,1-7H3/t19-,20-,21-,23+,24+/m0/s1. The van der Waals surface area contributed by atoms with E-state index in [0.29, 0.717) is 5.54 Å². The second-order valence-electron chi connectivity index (χ2n) is 9.45. The zero-order chi connectivity index (χ0) is 22.8. The van der Waals surface area contributed by atoms with Gasteiger partial charge in [-0.05, 0) is 36.7 Å². The van der Waals surface area contributed by atoms with Crippen LogP contribution in [0.4, 0.5) is 0 Å². The topological polar surface area (TPSA) is 44.8 Å². The van der Waals surface area contributed by atoms with Crippen LogP contribution >= 0.6 is 23.5 Å². The van der Waals surface area contributed by atoms with Crippen LogP contribution in [0.5, 0.6) is 0 Å². The van der Waals surface area contributed by atoms with Gasteiger partial charge in [-0.1, -0.05) is 71.5 Å². The Labute approximate surface area is 197 Å². The minimum Gasteiger partial charge on any atom is -0.456 e. The Balaban J connectivity index is 1.96. The molecule has 0 unspecified atom stereocenters. The van der Waals surface area contributed by atoms with Crippen molar-refractivity contribution in [2.75, 3.05) is 5.75 Å². The highest BCUT2D eigenvalue weighted by Crippen LogP contribution is 2.53. The average Bonchev–Trinajstić information content (AvgIpc) is 2.75. The molecule has 1 aromatic rings. The Morgan fingerprint density at radius 3 is 2.42 bits per heavy atom. The van der Waals surface area contributed by atoms with E-state index in [0.717, 1.165) is 17.8 Å². The molecule has 3 fully saturated rings. The number of carbonyl (C=O) groups excluding carboxylic acids is 1. The molecule has 0 spiro atoms. The first kappa shape index (κ1) is 25.2. The van der Waals surface area contributed by atoms with Crippen molar-refractivity contribution in [2.45, 2.75) is 99.5 Å². The predicted molar refractivity (Wildman–Crippen MR) is 133 cm³/mol. The summed E-state index contributed by atoms with van der Waals surface area (Å²) < 4.78 is 19.9. The maximum Gasteiger partial charge on any atom is 0.308 e. The van der Waals surface area contributed by atoms with Gasteiger partial charge in [0.25, 0.3) is 0 Å². The zero-order valence-electron chi connectivity index (χ0n) is 19.9. The normalized spacial score (nSPS) is 30.7. The van der Waals surface area contributed by atoms with Gasteiger partial charge in [-0.3, -0.25) is 4.79 Å². The van der Waals surface area contributed by atoms with E-state index < -0.39 is 13.9 Å². The highest BCUT2D eigenvalue weighted by atomic mass is 32.2. The first-order chi connectivity index (χ1) is 14.7. The molecule has 5 atom stereocenters. The summed E-state index contributed by atoms with van der Waals surface area (Å²) in [5, 5.41) is 0.0939. The Morgan fingerprint density at radius 1 is 1.23 bits per heavy atom. The van der Waals surface area contributed by atoms with Gasteiger partial charge in [0.2, 0.25) is 0 Å². The number of hydrogen-bond donors (Lipinski definition) is 0. The van der Waals surface area contributed by atoms with E-state index in [1.165, 1.54) is 4.90 Å². The Hall–Kier alpha value is -0.473. The summed E-state index contributed by atoms with van der Waals surface area (Å²) in [5.74, 6) is 0.495. The third-order valence-electron chi connectivity index (χ3n) is 6.85. The van der Waals surface area contributed by atoms with Crippen LogP contribution in [0.2, 0.25) is 17.6 Å². The van der Waals surface area contributed by atoms with E-state index in [4.69, 9.17) is 13.9 Å². The van der Waals surface area contributed by atoms with Crippen LogP contribution < -0.4 is 0 Å². The molecule has 3 saturated heterocycles. The van der Waals surface area contributed by atoms with Crippen LogP contribution in [0.1, 0.15) is 48.5 Å². The monoisotopic (exact) mass is 482 g/mol. The van der Waals surface area contributed by atoms with Crippen LogP contribution in [-0.2, 0) is 18.7 Å². The number of hydrogen-bond acceptors (Lipinski definition) is 6. The van der Waals surface area contributed by atoms with E-state index in [-0.39, 0.29) is 34.8 Å². The molecule has 4 nitrogen and oxygen atoms in total. The van der Waals surface area contributed by atoms with Gasteiger partial charge >= 0.3 is 5.97 Å². The van der Waals surface area contributed by atoms with E-state index in [2.05, 4.69) is 58.9 Å². The highest BCUT2D eigenvalue weighted by molar-refractivity contribution is 8.04. The molecular weight excluding hydrogens is 444 g/mol. The van der Waals surface area contributed by atoms with Gasteiger partial charge in [0.05, 0.1) is 11.2 Å². The van der Waals surface area contributed by atoms with Crippen LogP contribution in [-0.4, -0.2) is 48.5 Å². The number of benzene rings is 1. The van der Waals surface area contributed by atoms with Crippen LogP contribution in [0.3, 0.4) is 0 Å². The first-order valence-corrected chi connectivity index (χ1v) is 15.9. The molecule has 0 amide bonds. The third kappa shape index (κ3) is 5.06. The number of fused-ring (bicyclic) bond motifs is 3. The smallest absolute Gasteiger partial charge is 0.308 e. The maximum atomic E-state index is 12.7. The summed E-state index contributed by atoms with van der Waals surface area (Å²) in [5.41, 5.74) is -0.101. The Bertz CT molecular complexity index is 740. The van der Waals surface area contributed by atoms with E-state index in [1.807, 2.05) is 31.7 Å². The lowest BCUT2D eigenvalue weighted by atomic mass is 9.88. The maximum absolute atomic E-state index is 12.7. The van der Waals surface area contributed by atoms with Gasteiger partial charge < -0.3 is 13.9 Å². The van der Waals surface area contributed by atoms with E-state index in [9.17, 15) is 4.79 Å². The average molecular weight is 483 g/mol. The van der Waals surface area contributed by atoms with Crippen molar-refractivity contribution in [2.24, 2.45) is 5.92 Å². The fraction of sp³-hybridized carbons (Fsp3) is 0.708. The number of rotatable bonds is 9. The molecule has 4 rings (SSSR count). The van der Waals surface area contributed by atoms with Crippen molar-refractivity contribution in [1.29, 1.82) is 0 Å². The highest BCUT2D eigenvalue weighted by Gasteiger charge is 2.63. The molecule has 7 heteroatoms. The molecule has 2 bridgehead atoms. The molecule has 31 heavy (non-hydrogen) atoms. The summed E-state index contributed by atoms with van der Waals surface area (Å²) in [4.78, 5) is 13.8. The molecule has 1 aromatic carbocycles. The van der Waals surface area contributed by atoms with Crippen molar-refractivity contribution in [3.63, 3.8) is 0 Å². The van der Waals surface area contributed by atoms with Crippen molar-refractivity contribution in [1.82, 2.24) is 0 Å². The molecule has 3 aliphatic heterocycles. The largest absolute Gasteiger partial charge is 0.456 e. The van der Waals surface area contributed by atoms with E-state index >= 15 is 0 Å². The molecular formula is C24H38O4S2Si.